The van der Waals surface area contributed by atoms with Crippen LogP contribution in [0.3, 0.4) is 0 Å². The van der Waals surface area contributed by atoms with Gasteiger partial charge < -0.3 is 9.47 Å². The lowest BCUT2D eigenvalue weighted by Gasteiger charge is -2.20. The second kappa shape index (κ2) is 5.87. The second-order valence-corrected chi connectivity index (χ2v) is 5.57. The molecule has 0 atom stereocenters. The number of halogens is 3. The lowest BCUT2D eigenvalue weighted by molar-refractivity contribution is 0.172. The Labute approximate surface area is 137 Å². The van der Waals surface area contributed by atoms with Gasteiger partial charge in [-0.2, -0.15) is 0 Å². The van der Waals surface area contributed by atoms with Crippen molar-refractivity contribution in [2.24, 2.45) is 0 Å². The number of ether oxygens (including phenoxy) is 2. The molecule has 1 aliphatic heterocycles. The number of aromatic nitrogens is 2. The van der Waals surface area contributed by atoms with Gasteiger partial charge in [-0.05, 0) is 18.6 Å². The van der Waals surface area contributed by atoms with Crippen molar-refractivity contribution in [2.75, 3.05) is 13.2 Å². The average molecular weight is 346 g/mol. The molecule has 1 aromatic heterocycles. The Morgan fingerprint density at radius 3 is 2.38 bits per heavy atom. The number of benzene rings is 1. The number of nitrogens with zero attached hydrogens (tertiary/aromatic N) is 2. The van der Waals surface area contributed by atoms with Crippen LogP contribution < -0.4 is 9.47 Å². The molecule has 110 valence electrons. The molecule has 0 spiro atoms. The van der Waals surface area contributed by atoms with Crippen molar-refractivity contribution in [3.8, 4) is 22.9 Å². The maximum Gasteiger partial charge on any atom is 0.179 e. The van der Waals surface area contributed by atoms with Crippen LogP contribution in [0.15, 0.2) is 12.1 Å². The van der Waals surface area contributed by atoms with Crippen molar-refractivity contribution in [3.63, 3.8) is 0 Å². The second-order valence-electron chi connectivity index (χ2n) is 4.44. The molecule has 2 heterocycles. The molecule has 0 unspecified atom stereocenters. The van der Waals surface area contributed by atoms with E-state index in [1.807, 2.05) is 6.92 Å². The van der Waals surface area contributed by atoms with Crippen LogP contribution in [0.4, 0.5) is 0 Å². The first-order valence-corrected chi connectivity index (χ1v) is 7.55. The third-order valence-corrected chi connectivity index (χ3v) is 4.02. The van der Waals surface area contributed by atoms with Crippen molar-refractivity contribution < 1.29 is 9.47 Å². The van der Waals surface area contributed by atoms with Gasteiger partial charge in [0.15, 0.2) is 17.3 Å². The molecule has 7 heteroatoms. The summed E-state index contributed by atoms with van der Waals surface area (Å²) in [6.07, 6.45) is 0.667. The van der Waals surface area contributed by atoms with Crippen LogP contribution >= 0.6 is 34.8 Å². The number of hydrogen-bond donors (Lipinski definition) is 0. The molecule has 0 amide bonds. The van der Waals surface area contributed by atoms with Crippen LogP contribution in [0, 0.1) is 0 Å². The van der Waals surface area contributed by atoms with Crippen molar-refractivity contribution in [1.82, 2.24) is 9.97 Å². The summed E-state index contributed by atoms with van der Waals surface area (Å²) >= 11 is 18.5. The Morgan fingerprint density at radius 1 is 1.05 bits per heavy atom. The van der Waals surface area contributed by atoms with Gasteiger partial charge in [-0.25, -0.2) is 9.97 Å². The topological polar surface area (TPSA) is 44.2 Å². The number of rotatable bonds is 2. The van der Waals surface area contributed by atoms with Gasteiger partial charge >= 0.3 is 0 Å². The van der Waals surface area contributed by atoms with Crippen LogP contribution in [-0.2, 0) is 6.42 Å². The minimum absolute atomic E-state index is 0.346. The highest BCUT2D eigenvalue weighted by Gasteiger charge is 2.19. The van der Waals surface area contributed by atoms with Gasteiger partial charge in [0.2, 0.25) is 0 Å². The van der Waals surface area contributed by atoms with Gasteiger partial charge in [-0.15, -0.1) is 0 Å². The van der Waals surface area contributed by atoms with Gasteiger partial charge in [-0.1, -0.05) is 41.7 Å². The zero-order valence-electron chi connectivity index (χ0n) is 11.1. The summed E-state index contributed by atoms with van der Waals surface area (Å²) in [6, 6.07) is 3.48. The molecule has 21 heavy (non-hydrogen) atoms. The molecule has 1 aromatic carbocycles. The standard InChI is InChI=1S/C14H11Cl3N2O2/c1-2-8-12(16)18-14(19-13(8)17)7-5-9(15)11-10(6-7)20-3-4-21-11/h5-6H,2-4H2,1H3. The first kappa shape index (κ1) is 14.7. The van der Waals surface area contributed by atoms with Crippen molar-refractivity contribution in [1.29, 1.82) is 0 Å². The fourth-order valence-electron chi connectivity index (χ4n) is 2.09. The zero-order chi connectivity index (χ0) is 15.0. The van der Waals surface area contributed by atoms with Gasteiger partial charge in [0.25, 0.3) is 0 Å². The molecule has 1 aliphatic rings. The number of hydrogen-bond acceptors (Lipinski definition) is 4. The van der Waals surface area contributed by atoms with Gasteiger partial charge in [0.05, 0.1) is 5.02 Å². The van der Waals surface area contributed by atoms with E-state index in [4.69, 9.17) is 44.3 Å². The Hall–Kier alpha value is -1.23. The van der Waals surface area contributed by atoms with E-state index in [9.17, 15) is 0 Å². The predicted octanol–water partition coefficient (Wildman–Crippen LogP) is 4.44. The van der Waals surface area contributed by atoms with E-state index in [0.717, 1.165) is 5.56 Å². The van der Waals surface area contributed by atoms with Crippen LogP contribution in [0.2, 0.25) is 15.3 Å². The minimum atomic E-state index is 0.346. The summed E-state index contributed by atoms with van der Waals surface area (Å²) in [7, 11) is 0. The largest absolute Gasteiger partial charge is 0.486 e. The fraction of sp³-hybridized carbons (Fsp3) is 0.286. The van der Waals surface area contributed by atoms with Crippen LogP contribution in [0.5, 0.6) is 11.5 Å². The third-order valence-electron chi connectivity index (χ3n) is 3.11. The molecule has 0 fully saturated rings. The highest BCUT2D eigenvalue weighted by atomic mass is 35.5. The Kier molecular flexibility index (Phi) is 4.11. The Balaban J connectivity index is 2.11. The molecule has 2 aromatic rings. The van der Waals surface area contributed by atoms with Gasteiger partial charge in [0, 0.05) is 11.1 Å². The Bertz CT molecular complexity index is 684. The van der Waals surface area contributed by atoms with E-state index in [0.29, 0.717) is 57.9 Å². The average Bonchev–Trinajstić information content (AvgIpc) is 2.47. The van der Waals surface area contributed by atoms with E-state index >= 15 is 0 Å². The molecule has 4 nitrogen and oxygen atoms in total. The minimum Gasteiger partial charge on any atom is -0.486 e. The summed E-state index contributed by atoms with van der Waals surface area (Å²) < 4.78 is 11.0. The number of fused-ring (bicyclic) bond motifs is 1. The molecule has 0 N–H and O–H groups in total. The quantitative estimate of drug-likeness (QED) is 0.755. The molecule has 0 bridgehead atoms. The lowest BCUT2D eigenvalue weighted by Crippen LogP contribution is -2.15. The highest BCUT2D eigenvalue weighted by Crippen LogP contribution is 2.41. The van der Waals surface area contributed by atoms with E-state index in [2.05, 4.69) is 9.97 Å². The fourth-order valence-corrected chi connectivity index (χ4v) is 3.01. The predicted molar refractivity (Wildman–Crippen MR) is 82.9 cm³/mol. The SMILES string of the molecule is CCc1c(Cl)nc(-c2cc(Cl)c3c(c2)OCCO3)nc1Cl. The van der Waals surface area contributed by atoms with Gasteiger partial charge in [0.1, 0.15) is 23.5 Å². The summed E-state index contributed by atoms with van der Waals surface area (Å²) in [6.45, 7) is 2.90. The van der Waals surface area contributed by atoms with E-state index in [1.165, 1.54) is 0 Å². The molecular formula is C14H11Cl3N2O2. The maximum absolute atomic E-state index is 6.21. The monoisotopic (exact) mass is 344 g/mol. The molecule has 0 radical (unpaired) electrons. The summed E-state index contributed by atoms with van der Waals surface area (Å²) in [4.78, 5) is 8.56. The van der Waals surface area contributed by atoms with Gasteiger partial charge in [-0.3, -0.25) is 0 Å². The molecular weight excluding hydrogens is 335 g/mol. The van der Waals surface area contributed by atoms with Crippen molar-refractivity contribution in [2.45, 2.75) is 13.3 Å². The lowest BCUT2D eigenvalue weighted by atomic mass is 10.1. The third kappa shape index (κ3) is 2.76. The zero-order valence-corrected chi connectivity index (χ0v) is 13.4. The van der Waals surface area contributed by atoms with E-state index in [-0.39, 0.29) is 0 Å². The van der Waals surface area contributed by atoms with Crippen molar-refractivity contribution in [3.05, 3.63) is 33.0 Å². The summed E-state index contributed by atoms with van der Waals surface area (Å²) in [5.41, 5.74) is 1.40. The smallest absolute Gasteiger partial charge is 0.179 e. The van der Waals surface area contributed by atoms with E-state index < -0.39 is 0 Å². The summed E-state index contributed by atoms with van der Waals surface area (Å²) in [5.74, 6) is 1.51. The van der Waals surface area contributed by atoms with E-state index in [1.54, 1.807) is 12.1 Å². The molecule has 3 rings (SSSR count). The normalized spacial score (nSPS) is 13.3. The first-order chi connectivity index (χ1) is 10.1. The summed E-state index contributed by atoms with van der Waals surface area (Å²) in [5, 5.41) is 1.13. The molecule has 0 aliphatic carbocycles. The first-order valence-electron chi connectivity index (χ1n) is 6.41. The maximum atomic E-state index is 6.21. The molecule has 0 saturated carbocycles. The van der Waals surface area contributed by atoms with Crippen LogP contribution in [0.25, 0.3) is 11.4 Å². The highest BCUT2D eigenvalue weighted by molar-refractivity contribution is 6.34. The van der Waals surface area contributed by atoms with Crippen LogP contribution in [-0.4, -0.2) is 23.2 Å². The molecule has 0 saturated heterocycles. The Morgan fingerprint density at radius 2 is 1.71 bits per heavy atom. The van der Waals surface area contributed by atoms with Crippen molar-refractivity contribution >= 4 is 34.8 Å². The van der Waals surface area contributed by atoms with Crippen LogP contribution in [0.1, 0.15) is 12.5 Å².